The van der Waals surface area contributed by atoms with Gasteiger partial charge in [0.1, 0.15) is 5.76 Å². The quantitative estimate of drug-likeness (QED) is 0.506. The van der Waals surface area contributed by atoms with Crippen LogP contribution in [0.3, 0.4) is 0 Å². The van der Waals surface area contributed by atoms with Gasteiger partial charge in [-0.3, -0.25) is 4.90 Å². The fourth-order valence-corrected chi connectivity index (χ4v) is 2.65. The summed E-state index contributed by atoms with van der Waals surface area (Å²) in [5, 5.41) is 3.99. The van der Waals surface area contributed by atoms with Gasteiger partial charge in [-0.1, -0.05) is 35.5 Å². The molecule has 0 aliphatic carbocycles. The van der Waals surface area contributed by atoms with Crippen molar-refractivity contribution >= 4 is 0 Å². The fourth-order valence-electron chi connectivity index (χ4n) is 2.65. The van der Waals surface area contributed by atoms with Crippen molar-refractivity contribution in [3.05, 3.63) is 84.3 Å². The Kier molecular flexibility index (Phi) is 4.43. The zero-order valence-electron chi connectivity index (χ0n) is 13.5. The van der Waals surface area contributed by atoms with E-state index in [1.165, 1.54) is 5.56 Å². The van der Waals surface area contributed by atoms with Crippen molar-refractivity contribution in [1.82, 2.24) is 15.0 Å². The Balaban J connectivity index is 1.51. The number of aromatic nitrogens is 2. The molecule has 0 atom stereocenters. The first-order valence-corrected chi connectivity index (χ1v) is 8.02. The summed E-state index contributed by atoms with van der Waals surface area (Å²) in [5.74, 6) is 2.48. The van der Waals surface area contributed by atoms with Crippen molar-refractivity contribution in [2.75, 3.05) is 0 Å². The van der Waals surface area contributed by atoms with Crippen LogP contribution in [0.1, 0.15) is 17.2 Å². The molecule has 0 fully saturated rings. The van der Waals surface area contributed by atoms with Crippen molar-refractivity contribution in [1.29, 1.82) is 0 Å². The van der Waals surface area contributed by atoms with Crippen LogP contribution in [-0.2, 0) is 19.6 Å². The van der Waals surface area contributed by atoms with Crippen LogP contribution in [0.2, 0.25) is 0 Å². The van der Waals surface area contributed by atoms with E-state index in [-0.39, 0.29) is 0 Å². The van der Waals surface area contributed by atoms with Crippen LogP contribution in [0.5, 0.6) is 0 Å². The summed E-state index contributed by atoms with van der Waals surface area (Å²) >= 11 is 0. The molecule has 3 heterocycles. The first kappa shape index (κ1) is 15.4. The van der Waals surface area contributed by atoms with Crippen molar-refractivity contribution in [3.8, 4) is 11.6 Å². The molecule has 6 heteroatoms. The highest BCUT2D eigenvalue weighted by Crippen LogP contribution is 2.18. The maximum absolute atomic E-state index is 5.48. The smallest absolute Gasteiger partial charge is 0.241 e. The molecule has 126 valence electrons. The first-order chi connectivity index (χ1) is 12.4. The minimum absolute atomic E-state index is 0.456. The van der Waals surface area contributed by atoms with Crippen LogP contribution in [0.15, 0.2) is 80.5 Å². The van der Waals surface area contributed by atoms with Crippen LogP contribution in [0, 0.1) is 0 Å². The molecule has 4 rings (SSSR count). The summed E-state index contributed by atoms with van der Waals surface area (Å²) in [7, 11) is 0. The molecule has 0 radical (unpaired) electrons. The average molecular weight is 335 g/mol. The minimum Gasteiger partial charge on any atom is -0.468 e. The fraction of sp³-hybridized carbons (Fsp3) is 0.158. The van der Waals surface area contributed by atoms with Crippen LogP contribution in [-0.4, -0.2) is 15.0 Å². The molecule has 4 aromatic rings. The molecule has 6 nitrogen and oxygen atoms in total. The van der Waals surface area contributed by atoms with Gasteiger partial charge in [0.15, 0.2) is 5.76 Å². The summed E-state index contributed by atoms with van der Waals surface area (Å²) in [4.78, 5) is 6.61. The lowest BCUT2D eigenvalue weighted by atomic mass is 10.2. The monoisotopic (exact) mass is 335 g/mol. The van der Waals surface area contributed by atoms with Gasteiger partial charge >= 0.3 is 0 Å². The third-order valence-electron chi connectivity index (χ3n) is 3.78. The second-order valence-electron chi connectivity index (χ2n) is 5.70. The van der Waals surface area contributed by atoms with E-state index < -0.39 is 0 Å². The second kappa shape index (κ2) is 7.19. The lowest BCUT2D eigenvalue weighted by molar-refractivity contribution is 0.196. The number of hydrogen-bond acceptors (Lipinski definition) is 6. The summed E-state index contributed by atoms with van der Waals surface area (Å²) in [6.45, 7) is 1.92. The molecule has 0 aliphatic heterocycles. The van der Waals surface area contributed by atoms with Gasteiger partial charge in [0.05, 0.1) is 25.6 Å². The Morgan fingerprint density at radius 2 is 1.64 bits per heavy atom. The Morgan fingerprint density at radius 1 is 0.800 bits per heavy atom. The molecule has 0 saturated carbocycles. The molecule has 25 heavy (non-hydrogen) atoms. The van der Waals surface area contributed by atoms with Crippen LogP contribution in [0.25, 0.3) is 11.6 Å². The maximum atomic E-state index is 5.48. The van der Waals surface area contributed by atoms with Crippen LogP contribution < -0.4 is 0 Å². The Bertz CT molecular complexity index is 883. The first-order valence-electron chi connectivity index (χ1n) is 8.02. The predicted molar refractivity (Wildman–Crippen MR) is 90.1 cm³/mol. The molecule has 0 amide bonds. The van der Waals surface area contributed by atoms with E-state index in [0.29, 0.717) is 30.6 Å². The highest BCUT2D eigenvalue weighted by atomic mass is 16.5. The summed E-state index contributed by atoms with van der Waals surface area (Å²) in [6, 6.07) is 17.7. The number of furan rings is 2. The van der Waals surface area contributed by atoms with Gasteiger partial charge in [-0.05, 0) is 29.8 Å². The second-order valence-corrected chi connectivity index (χ2v) is 5.70. The lowest BCUT2D eigenvalue weighted by Crippen LogP contribution is -2.22. The number of benzene rings is 1. The summed E-state index contributed by atoms with van der Waals surface area (Å²) in [5.41, 5.74) is 1.21. The zero-order valence-corrected chi connectivity index (χ0v) is 13.5. The highest BCUT2D eigenvalue weighted by Gasteiger charge is 2.16. The molecule has 0 saturated heterocycles. The third-order valence-corrected chi connectivity index (χ3v) is 3.78. The molecule has 0 N–H and O–H groups in total. The van der Waals surface area contributed by atoms with Crippen molar-refractivity contribution < 1.29 is 13.4 Å². The molecule has 0 aliphatic rings. The molecule has 0 spiro atoms. The highest BCUT2D eigenvalue weighted by molar-refractivity contribution is 5.44. The van der Waals surface area contributed by atoms with E-state index in [9.17, 15) is 0 Å². The van der Waals surface area contributed by atoms with Gasteiger partial charge in [0, 0.05) is 6.54 Å². The van der Waals surface area contributed by atoms with E-state index in [2.05, 4.69) is 27.2 Å². The Morgan fingerprint density at radius 3 is 2.40 bits per heavy atom. The lowest BCUT2D eigenvalue weighted by Gasteiger charge is -2.19. The SMILES string of the molecule is c1ccc(CN(Cc2ccco2)Cc2nc(-c3ccco3)no2)cc1. The largest absolute Gasteiger partial charge is 0.468 e. The van der Waals surface area contributed by atoms with Gasteiger partial charge in [0.2, 0.25) is 11.7 Å². The number of nitrogens with zero attached hydrogens (tertiary/aromatic N) is 3. The third kappa shape index (κ3) is 3.87. The Hall–Kier alpha value is -3.12. The van der Waals surface area contributed by atoms with E-state index >= 15 is 0 Å². The van der Waals surface area contributed by atoms with Gasteiger partial charge in [-0.15, -0.1) is 0 Å². The molecule has 1 aromatic carbocycles. The molecule has 0 bridgehead atoms. The van der Waals surface area contributed by atoms with E-state index in [1.54, 1.807) is 24.7 Å². The predicted octanol–water partition coefficient (Wildman–Crippen LogP) is 4.13. The number of rotatable bonds is 7. The van der Waals surface area contributed by atoms with Crippen LogP contribution >= 0.6 is 0 Å². The van der Waals surface area contributed by atoms with Crippen LogP contribution in [0.4, 0.5) is 0 Å². The van der Waals surface area contributed by atoms with E-state index in [4.69, 9.17) is 13.4 Å². The maximum Gasteiger partial charge on any atom is 0.241 e. The van der Waals surface area contributed by atoms with Crippen molar-refractivity contribution in [3.63, 3.8) is 0 Å². The molecular weight excluding hydrogens is 318 g/mol. The van der Waals surface area contributed by atoms with Gasteiger partial charge in [0.25, 0.3) is 0 Å². The molecule has 3 aromatic heterocycles. The summed E-state index contributed by atoms with van der Waals surface area (Å²) < 4.78 is 16.2. The normalized spacial score (nSPS) is 11.2. The van der Waals surface area contributed by atoms with E-state index in [0.717, 1.165) is 12.3 Å². The zero-order chi connectivity index (χ0) is 16.9. The standard InChI is InChI=1S/C19H17N3O3/c1-2-6-15(7-3-1)12-22(13-16-8-4-10-23-16)14-18-20-19(21-25-18)17-9-5-11-24-17/h1-11H,12-14H2. The topological polar surface area (TPSA) is 68.4 Å². The average Bonchev–Trinajstić information content (AvgIpc) is 3.38. The van der Waals surface area contributed by atoms with Crippen molar-refractivity contribution in [2.45, 2.75) is 19.6 Å². The van der Waals surface area contributed by atoms with E-state index in [1.807, 2.05) is 30.3 Å². The number of hydrogen-bond donors (Lipinski definition) is 0. The Labute approximate surface area is 144 Å². The summed E-state index contributed by atoms with van der Waals surface area (Å²) in [6.07, 6.45) is 3.27. The molecule has 0 unspecified atom stereocenters. The van der Waals surface area contributed by atoms with Gasteiger partial charge in [-0.2, -0.15) is 4.98 Å². The van der Waals surface area contributed by atoms with Gasteiger partial charge < -0.3 is 13.4 Å². The molecular formula is C19H17N3O3. The van der Waals surface area contributed by atoms with Gasteiger partial charge in [-0.25, -0.2) is 0 Å². The van der Waals surface area contributed by atoms with Crippen molar-refractivity contribution in [2.24, 2.45) is 0 Å². The minimum atomic E-state index is 0.456.